The van der Waals surface area contributed by atoms with Gasteiger partial charge >= 0.3 is 8.60 Å². The SMILES string of the molecule is CC1(C)OCC(COP(OCc2ccccc2)OCc2ccccc2)CO1. The second-order valence-corrected chi connectivity index (χ2v) is 8.15. The van der Waals surface area contributed by atoms with Gasteiger partial charge in [0.05, 0.1) is 33.0 Å². The minimum Gasteiger partial charge on any atom is -0.350 e. The minimum absolute atomic E-state index is 0.170. The molecule has 146 valence electrons. The van der Waals surface area contributed by atoms with Crippen LogP contribution in [0.1, 0.15) is 25.0 Å². The normalized spacial score (nSPS) is 17.3. The Morgan fingerprint density at radius 2 is 1.30 bits per heavy atom. The van der Waals surface area contributed by atoms with Gasteiger partial charge in [-0.1, -0.05) is 60.7 Å². The molecule has 1 heterocycles. The monoisotopic (exact) mass is 390 g/mol. The van der Waals surface area contributed by atoms with Crippen LogP contribution in [0.3, 0.4) is 0 Å². The maximum Gasteiger partial charge on any atom is 0.333 e. The van der Waals surface area contributed by atoms with Crippen LogP contribution >= 0.6 is 8.60 Å². The molecule has 2 aromatic rings. The van der Waals surface area contributed by atoms with Gasteiger partial charge in [-0.2, -0.15) is 0 Å². The average molecular weight is 390 g/mol. The molecule has 0 atom stereocenters. The summed E-state index contributed by atoms with van der Waals surface area (Å²) < 4.78 is 29.2. The molecule has 1 aliphatic rings. The fourth-order valence-corrected chi connectivity index (χ4v) is 3.57. The molecule has 0 saturated carbocycles. The van der Waals surface area contributed by atoms with Gasteiger partial charge in [-0.15, -0.1) is 0 Å². The summed E-state index contributed by atoms with van der Waals surface area (Å²) in [6, 6.07) is 20.0. The first-order chi connectivity index (χ1) is 13.1. The summed E-state index contributed by atoms with van der Waals surface area (Å²) in [5.41, 5.74) is 2.17. The Labute approximate surface area is 162 Å². The number of rotatable bonds is 9. The summed E-state index contributed by atoms with van der Waals surface area (Å²) in [5.74, 6) is -0.349. The third-order valence-electron chi connectivity index (χ3n) is 4.11. The third-order valence-corrected chi connectivity index (χ3v) is 5.15. The standard InChI is InChI=1S/C21H27O5P/c1-21(2)22-13-20(14-23-21)17-26-27(24-15-18-9-5-3-6-10-18)25-16-19-11-7-4-8-12-19/h3-12,20H,13-17H2,1-2H3. The predicted octanol–water partition coefficient (Wildman–Crippen LogP) is 5.06. The zero-order valence-corrected chi connectivity index (χ0v) is 16.8. The maximum atomic E-state index is 5.95. The van der Waals surface area contributed by atoms with Crippen molar-refractivity contribution in [2.45, 2.75) is 32.8 Å². The molecule has 1 saturated heterocycles. The number of benzene rings is 2. The van der Waals surface area contributed by atoms with Crippen LogP contribution in [0, 0.1) is 5.92 Å². The molecule has 0 spiro atoms. The van der Waals surface area contributed by atoms with Crippen molar-refractivity contribution in [3.8, 4) is 0 Å². The second kappa shape index (κ2) is 10.3. The van der Waals surface area contributed by atoms with Crippen LogP contribution in [0.15, 0.2) is 60.7 Å². The van der Waals surface area contributed by atoms with Gasteiger partial charge in [0.2, 0.25) is 0 Å². The van der Waals surface area contributed by atoms with Crippen LogP contribution < -0.4 is 0 Å². The van der Waals surface area contributed by atoms with E-state index in [0.717, 1.165) is 11.1 Å². The van der Waals surface area contributed by atoms with Gasteiger partial charge in [0.25, 0.3) is 0 Å². The Morgan fingerprint density at radius 3 is 1.78 bits per heavy atom. The van der Waals surface area contributed by atoms with Crippen molar-refractivity contribution in [3.63, 3.8) is 0 Å². The van der Waals surface area contributed by atoms with Crippen LogP contribution in [0.5, 0.6) is 0 Å². The van der Waals surface area contributed by atoms with Gasteiger partial charge in [0, 0.05) is 5.92 Å². The number of hydrogen-bond acceptors (Lipinski definition) is 5. The lowest BCUT2D eigenvalue weighted by atomic mass is 10.1. The summed E-state index contributed by atoms with van der Waals surface area (Å²) in [7, 11) is -1.47. The zero-order chi connectivity index (χ0) is 19.0. The molecule has 0 amide bonds. The Hall–Kier alpha value is -1.33. The van der Waals surface area contributed by atoms with Crippen molar-refractivity contribution in [2.24, 2.45) is 5.92 Å². The zero-order valence-electron chi connectivity index (χ0n) is 15.9. The van der Waals surface area contributed by atoms with Crippen molar-refractivity contribution in [3.05, 3.63) is 71.8 Å². The van der Waals surface area contributed by atoms with E-state index in [0.29, 0.717) is 33.0 Å². The van der Waals surface area contributed by atoms with Crippen LogP contribution in [0.25, 0.3) is 0 Å². The molecule has 1 aliphatic heterocycles. The molecular weight excluding hydrogens is 363 g/mol. The molecule has 1 fully saturated rings. The molecule has 0 unspecified atom stereocenters. The Bertz CT molecular complexity index is 611. The lowest BCUT2D eigenvalue weighted by molar-refractivity contribution is -0.264. The highest BCUT2D eigenvalue weighted by atomic mass is 31.2. The first-order valence-electron chi connectivity index (χ1n) is 9.15. The van der Waals surface area contributed by atoms with Crippen molar-refractivity contribution < 1.29 is 23.0 Å². The molecule has 5 nitrogen and oxygen atoms in total. The van der Waals surface area contributed by atoms with E-state index >= 15 is 0 Å². The largest absolute Gasteiger partial charge is 0.350 e. The Kier molecular flexibility index (Phi) is 7.77. The van der Waals surface area contributed by atoms with E-state index in [1.807, 2.05) is 74.5 Å². The fourth-order valence-electron chi connectivity index (χ4n) is 2.50. The molecule has 0 bridgehead atoms. The van der Waals surface area contributed by atoms with Gasteiger partial charge in [-0.25, -0.2) is 0 Å². The molecule has 0 aliphatic carbocycles. The van der Waals surface area contributed by atoms with E-state index in [1.54, 1.807) is 0 Å². The lowest BCUT2D eigenvalue weighted by Gasteiger charge is -2.35. The maximum absolute atomic E-state index is 5.95. The molecule has 0 aromatic heterocycles. The number of ether oxygens (including phenoxy) is 2. The summed E-state index contributed by atoms with van der Waals surface area (Å²) in [6.07, 6.45) is 0. The van der Waals surface area contributed by atoms with Gasteiger partial charge in [0.1, 0.15) is 0 Å². The molecule has 3 rings (SSSR count). The minimum atomic E-state index is -1.47. The Balaban J connectivity index is 1.50. The van der Waals surface area contributed by atoms with Crippen molar-refractivity contribution >= 4 is 8.60 Å². The highest BCUT2D eigenvalue weighted by Crippen LogP contribution is 2.42. The van der Waals surface area contributed by atoms with E-state index in [2.05, 4.69) is 0 Å². The lowest BCUT2D eigenvalue weighted by Crippen LogP contribution is -2.40. The fraction of sp³-hybridized carbons (Fsp3) is 0.429. The second-order valence-electron chi connectivity index (χ2n) is 6.93. The quantitative estimate of drug-likeness (QED) is 0.560. The van der Waals surface area contributed by atoms with E-state index in [1.165, 1.54) is 0 Å². The third kappa shape index (κ3) is 7.30. The van der Waals surface area contributed by atoms with E-state index < -0.39 is 14.4 Å². The van der Waals surface area contributed by atoms with Crippen LogP contribution in [0.4, 0.5) is 0 Å². The molecule has 6 heteroatoms. The predicted molar refractivity (Wildman–Crippen MR) is 105 cm³/mol. The molecule has 2 aromatic carbocycles. The van der Waals surface area contributed by atoms with Crippen molar-refractivity contribution in [1.29, 1.82) is 0 Å². The van der Waals surface area contributed by atoms with Crippen LogP contribution in [-0.2, 0) is 36.3 Å². The molecule has 0 radical (unpaired) electrons. The smallest absolute Gasteiger partial charge is 0.333 e. The average Bonchev–Trinajstić information content (AvgIpc) is 2.70. The van der Waals surface area contributed by atoms with Gasteiger partial charge in [-0.05, 0) is 25.0 Å². The number of hydrogen-bond donors (Lipinski definition) is 0. The van der Waals surface area contributed by atoms with Crippen molar-refractivity contribution in [1.82, 2.24) is 0 Å². The van der Waals surface area contributed by atoms with Crippen LogP contribution in [-0.4, -0.2) is 25.6 Å². The van der Waals surface area contributed by atoms with E-state index in [-0.39, 0.29) is 5.92 Å². The summed E-state index contributed by atoms with van der Waals surface area (Å²) in [6.45, 7) is 6.43. The van der Waals surface area contributed by atoms with Gasteiger partial charge < -0.3 is 23.0 Å². The first-order valence-corrected chi connectivity index (χ1v) is 10.2. The molecular formula is C21H27O5P. The molecule has 0 N–H and O–H groups in total. The van der Waals surface area contributed by atoms with Gasteiger partial charge in [-0.3, -0.25) is 0 Å². The summed E-state index contributed by atoms with van der Waals surface area (Å²) in [5, 5.41) is 0. The topological polar surface area (TPSA) is 46.2 Å². The Morgan fingerprint density at radius 1 is 0.815 bits per heavy atom. The summed E-state index contributed by atoms with van der Waals surface area (Å²) in [4.78, 5) is 0. The van der Waals surface area contributed by atoms with E-state index in [9.17, 15) is 0 Å². The van der Waals surface area contributed by atoms with Gasteiger partial charge in [0.15, 0.2) is 5.79 Å². The van der Waals surface area contributed by atoms with Crippen LogP contribution in [0.2, 0.25) is 0 Å². The highest BCUT2D eigenvalue weighted by Gasteiger charge is 2.29. The highest BCUT2D eigenvalue weighted by molar-refractivity contribution is 7.41. The van der Waals surface area contributed by atoms with E-state index in [4.69, 9.17) is 23.0 Å². The first kappa shape index (κ1) is 20.4. The molecule has 27 heavy (non-hydrogen) atoms. The van der Waals surface area contributed by atoms with Crippen molar-refractivity contribution in [2.75, 3.05) is 19.8 Å². The summed E-state index contributed by atoms with van der Waals surface area (Å²) >= 11 is 0.